The fourth-order valence-corrected chi connectivity index (χ4v) is 1.81. The van der Waals surface area contributed by atoms with Crippen molar-refractivity contribution in [3.8, 4) is 11.2 Å². The van der Waals surface area contributed by atoms with Crippen molar-refractivity contribution in [1.29, 1.82) is 0 Å². The Morgan fingerprint density at radius 1 is 1.50 bits per heavy atom. The van der Waals surface area contributed by atoms with E-state index in [9.17, 15) is 9.18 Å². The second-order valence-corrected chi connectivity index (χ2v) is 6.65. The molecule has 1 aromatic rings. The summed E-state index contributed by atoms with van der Waals surface area (Å²) >= 11 is 2.05. The average molecular weight is 407 g/mol. The number of carbonyl (C=O) groups excluding carboxylic acids is 1. The fourth-order valence-electron chi connectivity index (χ4n) is 1.33. The third-order valence-electron chi connectivity index (χ3n) is 2.11. The van der Waals surface area contributed by atoms with Gasteiger partial charge in [-0.2, -0.15) is 0 Å². The monoisotopic (exact) mass is 407 g/mol. The maximum Gasteiger partial charge on any atom is 0.407 e. The normalized spacial score (nSPS) is 10.4. The Morgan fingerprint density at radius 3 is 2.75 bits per heavy atom. The number of ether oxygens (including phenoxy) is 1. The molecule has 0 heterocycles. The van der Waals surface area contributed by atoms with Crippen molar-refractivity contribution in [2.24, 2.45) is 0 Å². The molecule has 108 valence electrons. The minimum absolute atomic E-state index is 0.0789. The first-order valence-corrected chi connectivity index (χ1v) is 9.21. The van der Waals surface area contributed by atoms with Crippen molar-refractivity contribution in [2.75, 3.05) is 0 Å². The van der Waals surface area contributed by atoms with Crippen LogP contribution in [0.5, 0.6) is 0 Å². The fraction of sp³-hybridized carbons (Fsp3) is 0.357. The molecule has 1 aromatic carbocycles. The van der Waals surface area contributed by atoms with Gasteiger partial charge in [0.1, 0.15) is 11.4 Å². The summed E-state index contributed by atoms with van der Waals surface area (Å²) < 4.78 is 18.9. The summed E-state index contributed by atoms with van der Waals surface area (Å²) in [6.45, 7) is 5.39. The van der Waals surface area contributed by atoms with E-state index in [0.717, 1.165) is 0 Å². The maximum atomic E-state index is 13.8. The Morgan fingerprint density at radius 2 is 2.20 bits per heavy atom. The van der Waals surface area contributed by atoms with Crippen LogP contribution >= 0.6 is 30.1 Å². The van der Waals surface area contributed by atoms with Gasteiger partial charge in [-0.3, -0.25) is 0 Å². The number of benzene rings is 1. The zero-order chi connectivity index (χ0) is 15.2. The first kappa shape index (κ1) is 17.1. The van der Waals surface area contributed by atoms with E-state index in [4.69, 9.17) is 4.74 Å². The van der Waals surface area contributed by atoms with E-state index < -0.39 is 17.5 Å². The molecular weight excluding hydrogens is 392 g/mol. The molecule has 0 aromatic heterocycles. The van der Waals surface area contributed by atoms with Gasteiger partial charge in [-0.1, -0.05) is 12.0 Å². The molecule has 0 atom stereocenters. The van der Waals surface area contributed by atoms with Gasteiger partial charge < -0.3 is 10.1 Å². The van der Waals surface area contributed by atoms with Crippen LogP contribution in [0.1, 0.15) is 31.9 Å². The van der Waals surface area contributed by atoms with Crippen LogP contribution in [-0.2, 0) is 11.3 Å². The summed E-state index contributed by atoms with van der Waals surface area (Å²) in [6.07, 6.45) is -0.568. The van der Waals surface area contributed by atoms with Crippen LogP contribution in [0.2, 0.25) is 0 Å². The molecule has 0 unspecified atom stereocenters. The average Bonchev–Trinajstić information content (AvgIpc) is 2.33. The number of hydrogen-bond donors (Lipinski definition) is 1. The maximum absolute atomic E-state index is 13.8. The number of halogens is 2. The molecule has 1 rings (SSSR count). The minimum Gasteiger partial charge on any atom is -0.444 e. The van der Waals surface area contributed by atoms with Gasteiger partial charge in [0.2, 0.25) is 0 Å². The van der Waals surface area contributed by atoms with E-state index in [1.165, 1.54) is 15.0 Å². The Balaban J connectivity index is 2.63. The number of rotatable bonds is 2. The summed E-state index contributed by atoms with van der Waals surface area (Å²) in [6, 6.07) is 4.68. The number of alkyl carbamates (subject to hydrolysis) is 1. The van der Waals surface area contributed by atoms with Gasteiger partial charge in [0.05, 0.1) is 0 Å². The topological polar surface area (TPSA) is 38.3 Å². The van der Waals surface area contributed by atoms with Crippen LogP contribution in [-0.4, -0.2) is 11.7 Å². The highest BCUT2D eigenvalue weighted by Crippen LogP contribution is 2.12. The highest BCUT2D eigenvalue weighted by Gasteiger charge is 2.16. The molecule has 1 N–H and O–H groups in total. The number of amides is 1. The van der Waals surface area contributed by atoms with E-state index in [1.54, 1.807) is 32.9 Å². The summed E-state index contributed by atoms with van der Waals surface area (Å²) in [5.41, 5.74) is 0.426. The lowest BCUT2D eigenvalue weighted by Gasteiger charge is -2.19. The summed E-state index contributed by atoms with van der Waals surface area (Å²) in [7, 11) is 1.34. The van der Waals surface area contributed by atoms with Gasteiger partial charge in [-0.05, 0) is 47.1 Å². The van der Waals surface area contributed by atoms with E-state index >= 15 is 0 Å². The Bertz CT molecular complexity index is 546. The van der Waals surface area contributed by atoms with Gasteiger partial charge in [-0.15, -0.1) is 0 Å². The molecule has 1 amide bonds. The van der Waals surface area contributed by atoms with Crippen LogP contribution in [0.25, 0.3) is 0 Å². The van der Waals surface area contributed by atoms with Crippen molar-refractivity contribution < 1.29 is 13.9 Å². The lowest BCUT2D eigenvalue weighted by atomic mass is 10.1. The largest absolute Gasteiger partial charge is 0.444 e. The molecule has 0 aliphatic heterocycles. The van der Waals surface area contributed by atoms with Gasteiger partial charge in [0.25, 0.3) is 0 Å². The van der Waals surface area contributed by atoms with E-state index in [0.29, 0.717) is 11.1 Å². The van der Waals surface area contributed by atoms with Crippen LogP contribution < -0.4 is 5.32 Å². The zero-order valence-electron chi connectivity index (χ0n) is 11.4. The zero-order valence-corrected chi connectivity index (χ0v) is 14.4. The SMILES string of the molecule is CC(C)(C)OC(=O)NCc1ccc(C#CSI)cc1F. The molecule has 3 nitrogen and oxygen atoms in total. The summed E-state index contributed by atoms with van der Waals surface area (Å²) in [5.74, 6) is 2.41. The first-order chi connectivity index (χ1) is 9.31. The second-order valence-electron chi connectivity index (χ2n) is 4.97. The predicted octanol–water partition coefficient (Wildman–Crippen LogP) is 4.24. The molecule has 0 radical (unpaired) electrons. The number of hydrogen-bond acceptors (Lipinski definition) is 3. The second kappa shape index (κ2) is 7.74. The summed E-state index contributed by atoms with van der Waals surface area (Å²) in [5, 5.41) is 5.30. The lowest BCUT2D eigenvalue weighted by Crippen LogP contribution is -2.32. The first-order valence-electron chi connectivity index (χ1n) is 5.85. The minimum atomic E-state index is -0.570. The lowest BCUT2D eigenvalue weighted by molar-refractivity contribution is 0.0523. The molecule has 20 heavy (non-hydrogen) atoms. The third kappa shape index (κ3) is 6.48. The molecule has 0 aliphatic rings. The molecule has 6 heteroatoms. The molecule has 0 saturated heterocycles. The van der Waals surface area contributed by atoms with Crippen molar-refractivity contribution in [3.05, 3.63) is 35.1 Å². The van der Waals surface area contributed by atoms with Gasteiger partial charge in [-0.25, -0.2) is 9.18 Å². The molecule has 0 aliphatic carbocycles. The Hall–Kier alpha value is -0.940. The molecule has 0 fully saturated rings. The highest BCUT2D eigenvalue weighted by molar-refractivity contribution is 14.2. The van der Waals surface area contributed by atoms with Crippen molar-refractivity contribution in [1.82, 2.24) is 5.32 Å². The summed E-state index contributed by atoms with van der Waals surface area (Å²) in [4.78, 5) is 11.5. The van der Waals surface area contributed by atoms with Gasteiger partial charge in [0.15, 0.2) is 0 Å². The third-order valence-corrected chi connectivity index (χ3v) is 2.95. The highest BCUT2D eigenvalue weighted by atomic mass is 127. The molecule has 0 bridgehead atoms. The number of nitrogens with one attached hydrogen (secondary N) is 1. The van der Waals surface area contributed by atoms with Crippen LogP contribution in [0.3, 0.4) is 0 Å². The van der Waals surface area contributed by atoms with Crippen LogP contribution in [0.4, 0.5) is 9.18 Å². The predicted molar refractivity (Wildman–Crippen MR) is 88.0 cm³/mol. The molecular formula is C14H15FINO2S. The van der Waals surface area contributed by atoms with Crippen LogP contribution in [0.15, 0.2) is 18.2 Å². The Labute approximate surface area is 134 Å². The molecule has 0 spiro atoms. The van der Waals surface area contributed by atoms with E-state index in [1.807, 2.05) is 21.2 Å². The van der Waals surface area contributed by atoms with Gasteiger partial charge >= 0.3 is 6.09 Å². The van der Waals surface area contributed by atoms with E-state index in [-0.39, 0.29) is 6.54 Å². The molecule has 0 saturated carbocycles. The smallest absolute Gasteiger partial charge is 0.407 e. The van der Waals surface area contributed by atoms with Crippen molar-refractivity contribution >= 4 is 36.2 Å². The van der Waals surface area contributed by atoms with Crippen molar-refractivity contribution in [3.63, 3.8) is 0 Å². The van der Waals surface area contributed by atoms with Crippen LogP contribution in [0, 0.1) is 17.0 Å². The van der Waals surface area contributed by atoms with E-state index in [2.05, 4.69) is 16.5 Å². The number of carbonyl (C=O) groups is 1. The van der Waals surface area contributed by atoms with Gasteiger partial charge in [0, 0.05) is 38.9 Å². The Kier molecular flexibility index (Phi) is 6.62. The standard InChI is InChI=1S/C14H15FINO2S/c1-14(2,3)19-13(18)17-9-11-5-4-10(6-7-20-16)8-12(11)15/h4-5,8H,9H2,1-3H3,(H,17,18). The quantitative estimate of drug-likeness (QED) is 0.589. The van der Waals surface area contributed by atoms with Crippen molar-refractivity contribution in [2.45, 2.75) is 32.9 Å².